The predicted octanol–water partition coefficient (Wildman–Crippen LogP) is 3.64. The first-order valence-corrected chi connectivity index (χ1v) is 6.23. The van der Waals surface area contributed by atoms with Crippen LogP contribution in [0.25, 0.3) is 0 Å². The van der Waals surface area contributed by atoms with Crippen molar-refractivity contribution < 1.29 is 9.90 Å². The number of benzene rings is 1. The van der Waals surface area contributed by atoms with Crippen LogP contribution in [0.5, 0.6) is 0 Å². The van der Waals surface area contributed by atoms with E-state index in [1.54, 1.807) is 18.2 Å². The number of anilines is 1. The smallest absolute Gasteiger partial charge is 0.337 e. The monoisotopic (exact) mass is 253 g/mol. The van der Waals surface area contributed by atoms with Crippen molar-refractivity contribution in [2.24, 2.45) is 5.92 Å². The Morgan fingerprint density at radius 2 is 2.24 bits per heavy atom. The van der Waals surface area contributed by atoms with Gasteiger partial charge in [0.25, 0.3) is 0 Å². The van der Waals surface area contributed by atoms with Crippen LogP contribution in [-0.2, 0) is 0 Å². The Bertz CT molecular complexity index is 433. The van der Waals surface area contributed by atoms with E-state index < -0.39 is 5.97 Å². The minimum atomic E-state index is -0.921. The number of aromatic carboxylic acids is 1. The van der Waals surface area contributed by atoms with E-state index in [-0.39, 0.29) is 5.56 Å². The second-order valence-electron chi connectivity index (χ2n) is 4.75. The molecule has 17 heavy (non-hydrogen) atoms. The van der Waals surface area contributed by atoms with Crippen molar-refractivity contribution in [1.82, 2.24) is 0 Å². The van der Waals surface area contributed by atoms with E-state index >= 15 is 0 Å². The highest BCUT2D eigenvalue weighted by molar-refractivity contribution is 6.31. The zero-order valence-corrected chi connectivity index (χ0v) is 10.5. The Morgan fingerprint density at radius 3 is 2.82 bits per heavy atom. The number of hydrogen-bond acceptors (Lipinski definition) is 2. The summed E-state index contributed by atoms with van der Waals surface area (Å²) in [5.41, 5.74) is 0.915. The van der Waals surface area contributed by atoms with E-state index in [1.165, 1.54) is 6.42 Å². The summed E-state index contributed by atoms with van der Waals surface area (Å²) < 4.78 is 0. The second kappa shape index (κ2) is 4.96. The fraction of sp³-hybridized carbons (Fsp3) is 0.462. The first-order valence-electron chi connectivity index (χ1n) is 5.85. The fourth-order valence-corrected chi connectivity index (χ4v) is 2.55. The van der Waals surface area contributed by atoms with Gasteiger partial charge in [-0.2, -0.15) is 0 Å². The Balaban J connectivity index is 2.19. The summed E-state index contributed by atoms with van der Waals surface area (Å²) in [6, 6.07) is 5.20. The number of carboxylic acids is 1. The van der Waals surface area contributed by atoms with Crippen LogP contribution in [0.3, 0.4) is 0 Å². The predicted molar refractivity (Wildman–Crippen MR) is 68.8 cm³/mol. The lowest BCUT2D eigenvalue weighted by Gasteiger charge is -2.16. The second-order valence-corrected chi connectivity index (χ2v) is 5.19. The van der Waals surface area contributed by atoms with Crippen LogP contribution >= 0.6 is 11.6 Å². The molecule has 2 unspecified atom stereocenters. The minimum absolute atomic E-state index is 0.286. The minimum Gasteiger partial charge on any atom is -0.478 e. The molecule has 0 radical (unpaired) electrons. The maximum absolute atomic E-state index is 11.1. The molecule has 1 aliphatic carbocycles. The van der Waals surface area contributed by atoms with Crippen LogP contribution in [0.2, 0.25) is 5.02 Å². The van der Waals surface area contributed by atoms with Gasteiger partial charge in [0.05, 0.1) is 11.3 Å². The van der Waals surface area contributed by atoms with Gasteiger partial charge in [-0.25, -0.2) is 4.79 Å². The van der Waals surface area contributed by atoms with Crippen LogP contribution in [0.1, 0.15) is 36.5 Å². The van der Waals surface area contributed by atoms with Crippen LogP contribution < -0.4 is 5.32 Å². The van der Waals surface area contributed by atoms with E-state index in [0.29, 0.717) is 22.7 Å². The Kier molecular flexibility index (Phi) is 3.57. The summed E-state index contributed by atoms with van der Waals surface area (Å²) in [6.45, 7) is 2.22. The molecule has 1 aliphatic rings. The Labute approximate surface area is 106 Å². The van der Waals surface area contributed by atoms with Crippen molar-refractivity contribution in [3.8, 4) is 0 Å². The van der Waals surface area contributed by atoms with Crippen molar-refractivity contribution in [3.05, 3.63) is 28.8 Å². The normalized spacial score (nSPS) is 23.6. The van der Waals surface area contributed by atoms with Gasteiger partial charge in [0.1, 0.15) is 0 Å². The number of rotatable bonds is 3. The van der Waals surface area contributed by atoms with Gasteiger partial charge in [0.15, 0.2) is 0 Å². The van der Waals surface area contributed by atoms with Crippen molar-refractivity contribution >= 4 is 23.3 Å². The maximum atomic E-state index is 11.1. The topological polar surface area (TPSA) is 49.3 Å². The van der Waals surface area contributed by atoms with E-state index in [0.717, 1.165) is 12.8 Å². The summed E-state index contributed by atoms with van der Waals surface area (Å²) in [7, 11) is 0. The van der Waals surface area contributed by atoms with Gasteiger partial charge in [0, 0.05) is 11.1 Å². The quantitative estimate of drug-likeness (QED) is 0.865. The van der Waals surface area contributed by atoms with Gasteiger partial charge in [-0.15, -0.1) is 0 Å². The summed E-state index contributed by atoms with van der Waals surface area (Å²) >= 11 is 5.90. The highest BCUT2D eigenvalue weighted by Gasteiger charge is 2.22. The third-order valence-electron chi connectivity index (χ3n) is 3.27. The lowest BCUT2D eigenvalue weighted by atomic mass is 10.1. The van der Waals surface area contributed by atoms with Crippen molar-refractivity contribution in [3.63, 3.8) is 0 Å². The summed E-state index contributed by atoms with van der Waals surface area (Å²) in [4.78, 5) is 11.1. The van der Waals surface area contributed by atoms with Gasteiger partial charge >= 0.3 is 5.97 Å². The molecule has 1 fully saturated rings. The van der Waals surface area contributed by atoms with E-state index in [4.69, 9.17) is 16.7 Å². The van der Waals surface area contributed by atoms with Crippen LogP contribution in [0.4, 0.5) is 5.69 Å². The zero-order chi connectivity index (χ0) is 12.4. The number of carboxylic acid groups (broad SMARTS) is 1. The molecule has 0 spiro atoms. The van der Waals surface area contributed by atoms with Crippen LogP contribution in [0.15, 0.2) is 18.2 Å². The third-order valence-corrected chi connectivity index (χ3v) is 3.50. The molecule has 0 saturated heterocycles. The first-order chi connectivity index (χ1) is 8.06. The van der Waals surface area contributed by atoms with Crippen molar-refractivity contribution in [2.45, 2.75) is 32.2 Å². The van der Waals surface area contributed by atoms with E-state index in [2.05, 4.69) is 12.2 Å². The SMILES string of the molecule is CC1CCC(Nc2cc(Cl)ccc2C(=O)O)C1. The molecule has 1 saturated carbocycles. The molecule has 2 atom stereocenters. The molecule has 1 aromatic carbocycles. The van der Waals surface area contributed by atoms with E-state index in [1.807, 2.05) is 0 Å². The van der Waals surface area contributed by atoms with Crippen molar-refractivity contribution in [2.75, 3.05) is 5.32 Å². The largest absolute Gasteiger partial charge is 0.478 e. The highest BCUT2D eigenvalue weighted by atomic mass is 35.5. The van der Waals surface area contributed by atoms with Crippen LogP contribution in [-0.4, -0.2) is 17.1 Å². The average Bonchev–Trinajstić information content (AvgIpc) is 2.63. The lowest BCUT2D eigenvalue weighted by molar-refractivity contribution is 0.0698. The molecule has 4 heteroatoms. The summed E-state index contributed by atoms with van der Waals surface area (Å²) in [5.74, 6) is -0.213. The molecule has 1 aromatic rings. The molecule has 0 bridgehead atoms. The number of hydrogen-bond donors (Lipinski definition) is 2. The standard InChI is InChI=1S/C13H16ClNO2/c1-8-2-4-10(6-8)15-12-7-9(14)3-5-11(12)13(16)17/h3,5,7-8,10,15H,2,4,6H2,1H3,(H,16,17). The van der Waals surface area contributed by atoms with E-state index in [9.17, 15) is 4.79 Å². The summed E-state index contributed by atoms with van der Waals surface area (Å²) in [6.07, 6.45) is 3.37. The molecule has 2 N–H and O–H groups in total. The Morgan fingerprint density at radius 1 is 1.47 bits per heavy atom. The molecule has 2 rings (SSSR count). The number of nitrogens with one attached hydrogen (secondary N) is 1. The Hall–Kier alpha value is -1.22. The molecule has 0 aromatic heterocycles. The zero-order valence-electron chi connectivity index (χ0n) is 9.74. The molecule has 0 aliphatic heterocycles. The van der Waals surface area contributed by atoms with Gasteiger partial charge in [-0.1, -0.05) is 18.5 Å². The van der Waals surface area contributed by atoms with Crippen molar-refractivity contribution in [1.29, 1.82) is 0 Å². The lowest BCUT2D eigenvalue weighted by Crippen LogP contribution is -2.17. The molecule has 0 heterocycles. The van der Waals surface area contributed by atoms with Gasteiger partial charge < -0.3 is 10.4 Å². The number of halogens is 1. The average molecular weight is 254 g/mol. The molecular formula is C13H16ClNO2. The third kappa shape index (κ3) is 2.91. The highest BCUT2D eigenvalue weighted by Crippen LogP contribution is 2.29. The molecule has 0 amide bonds. The molecular weight excluding hydrogens is 238 g/mol. The maximum Gasteiger partial charge on any atom is 0.337 e. The van der Waals surface area contributed by atoms with Crippen LogP contribution in [0, 0.1) is 5.92 Å². The van der Waals surface area contributed by atoms with Gasteiger partial charge in [-0.05, 0) is 43.4 Å². The fourth-order valence-electron chi connectivity index (χ4n) is 2.38. The molecule has 3 nitrogen and oxygen atoms in total. The van der Waals surface area contributed by atoms with Gasteiger partial charge in [-0.3, -0.25) is 0 Å². The molecule has 92 valence electrons. The van der Waals surface area contributed by atoms with Gasteiger partial charge in [0.2, 0.25) is 0 Å². The first kappa shape index (κ1) is 12.2. The number of carbonyl (C=O) groups is 1. The summed E-state index contributed by atoms with van der Waals surface area (Å²) in [5, 5.41) is 13.0.